The summed E-state index contributed by atoms with van der Waals surface area (Å²) in [5.74, 6) is 0. The van der Waals surface area contributed by atoms with Gasteiger partial charge in [-0.05, 0) is 13.8 Å². The minimum absolute atomic E-state index is 0.405. The molecular formula is C7H9N2O2. The number of rotatable bonds is 2. The van der Waals surface area contributed by atoms with Crippen LogP contribution in [0.25, 0.3) is 0 Å². The fourth-order valence-corrected chi connectivity index (χ4v) is 0.698. The van der Waals surface area contributed by atoms with Gasteiger partial charge in [-0.1, -0.05) is 5.16 Å². The number of oxime groups is 1. The maximum Gasteiger partial charge on any atom is 0.205 e. The quantitative estimate of drug-likeness (QED) is 0.394. The second-order valence-electron chi connectivity index (χ2n) is 2.80. The fraction of sp³-hybridized carbons (Fsp3) is 0.429. The van der Waals surface area contributed by atoms with Crippen molar-refractivity contribution in [2.24, 2.45) is 5.16 Å². The van der Waals surface area contributed by atoms with E-state index in [-0.39, 0.29) is 0 Å². The van der Waals surface area contributed by atoms with E-state index < -0.39 is 5.41 Å². The van der Waals surface area contributed by atoms with Crippen LogP contribution in [0.4, 0.5) is 0 Å². The third-order valence-corrected chi connectivity index (χ3v) is 1.43. The van der Waals surface area contributed by atoms with Crippen LogP contribution in [0.2, 0.25) is 0 Å². The van der Waals surface area contributed by atoms with E-state index in [1.807, 2.05) is 13.8 Å². The van der Waals surface area contributed by atoms with Crippen LogP contribution in [0.15, 0.2) is 15.7 Å². The van der Waals surface area contributed by atoms with Gasteiger partial charge in [-0.3, -0.25) is 0 Å². The average Bonchev–Trinajstić information content (AvgIpc) is 2.37. The molecule has 59 valence electrons. The summed E-state index contributed by atoms with van der Waals surface area (Å²) in [4.78, 5) is 0. The third-order valence-electron chi connectivity index (χ3n) is 1.43. The Bertz CT molecular complexity index is 239. The van der Waals surface area contributed by atoms with Crippen molar-refractivity contribution in [1.29, 1.82) is 0 Å². The monoisotopic (exact) mass is 153 g/mol. The highest BCUT2D eigenvalue weighted by Crippen LogP contribution is 2.17. The van der Waals surface area contributed by atoms with Crippen LogP contribution in [0, 0.1) is 6.26 Å². The smallest absolute Gasteiger partial charge is 0.205 e. The Labute approximate surface area is 64.5 Å². The number of hydrogen-bond acceptors (Lipinski definition) is 4. The second kappa shape index (κ2) is 2.74. The molecule has 0 fully saturated rings. The lowest BCUT2D eigenvalue weighted by Gasteiger charge is -2.12. The van der Waals surface area contributed by atoms with Gasteiger partial charge in [0.2, 0.25) is 6.26 Å². The van der Waals surface area contributed by atoms with Crippen LogP contribution < -0.4 is 0 Å². The lowest BCUT2D eigenvalue weighted by Crippen LogP contribution is -2.19. The van der Waals surface area contributed by atoms with Gasteiger partial charge in [-0.25, -0.2) is 0 Å². The highest BCUT2D eigenvalue weighted by atomic mass is 16.5. The van der Waals surface area contributed by atoms with Crippen molar-refractivity contribution in [3.8, 4) is 0 Å². The largest absolute Gasteiger partial charge is 0.411 e. The lowest BCUT2D eigenvalue weighted by molar-refractivity contribution is 0.317. The number of nitrogens with zero attached hydrogens (tertiary/aromatic N) is 2. The van der Waals surface area contributed by atoms with Crippen molar-refractivity contribution in [3.63, 3.8) is 0 Å². The highest BCUT2D eigenvalue weighted by molar-refractivity contribution is 5.70. The van der Waals surface area contributed by atoms with Crippen molar-refractivity contribution in [1.82, 2.24) is 5.16 Å². The van der Waals surface area contributed by atoms with E-state index in [2.05, 4.69) is 21.1 Å². The molecule has 0 unspecified atom stereocenters. The fourth-order valence-electron chi connectivity index (χ4n) is 0.698. The van der Waals surface area contributed by atoms with E-state index in [1.165, 1.54) is 6.21 Å². The molecule has 0 aliphatic heterocycles. The van der Waals surface area contributed by atoms with Gasteiger partial charge in [-0.2, -0.15) is 0 Å². The van der Waals surface area contributed by atoms with Gasteiger partial charge >= 0.3 is 0 Å². The van der Waals surface area contributed by atoms with E-state index in [4.69, 9.17) is 5.21 Å². The molecule has 1 rings (SSSR count). The molecule has 0 aliphatic carbocycles. The normalized spacial score (nSPS) is 12.5. The Morgan fingerprint density at radius 2 is 2.55 bits per heavy atom. The third kappa shape index (κ3) is 1.58. The van der Waals surface area contributed by atoms with Gasteiger partial charge in [0.25, 0.3) is 0 Å². The summed E-state index contributed by atoms with van der Waals surface area (Å²) in [5.41, 5.74) is 0.286. The molecule has 0 spiro atoms. The van der Waals surface area contributed by atoms with E-state index >= 15 is 0 Å². The molecule has 1 heterocycles. The molecule has 0 bridgehead atoms. The summed E-state index contributed by atoms with van der Waals surface area (Å²) in [6.07, 6.45) is 3.85. The minimum Gasteiger partial charge on any atom is -0.411 e. The van der Waals surface area contributed by atoms with Gasteiger partial charge < -0.3 is 9.73 Å². The number of hydrogen-bond donors (Lipinski definition) is 1. The van der Waals surface area contributed by atoms with Crippen molar-refractivity contribution < 1.29 is 9.73 Å². The SMILES string of the molecule is CC(C)(C=NO)c1c[c]on1. The van der Waals surface area contributed by atoms with E-state index in [0.717, 1.165) is 0 Å². The van der Waals surface area contributed by atoms with Gasteiger partial charge in [0.1, 0.15) is 0 Å². The summed E-state index contributed by atoms with van der Waals surface area (Å²) < 4.78 is 4.53. The van der Waals surface area contributed by atoms with Gasteiger partial charge in [0.15, 0.2) is 0 Å². The summed E-state index contributed by atoms with van der Waals surface area (Å²) in [6.45, 7) is 3.72. The predicted octanol–water partition coefficient (Wildman–Crippen LogP) is 1.21. The first-order valence-corrected chi connectivity index (χ1v) is 3.18. The lowest BCUT2D eigenvalue weighted by atomic mass is 9.91. The minimum atomic E-state index is -0.405. The molecule has 0 aromatic carbocycles. The Hall–Kier alpha value is -1.32. The van der Waals surface area contributed by atoms with Crippen LogP contribution in [0.3, 0.4) is 0 Å². The molecule has 11 heavy (non-hydrogen) atoms. The van der Waals surface area contributed by atoms with Crippen LogP contribution >= 0.6 is 0 Å². The molecule has 0 saturated carbocycles. The molecule has 1 N–H and O–H groups in total. The average molecular weight is 153 g/mol. The van der Waals surface area contributed by atoms with E-state index in [1.54, 1.807) is 6.07 Å². The molecule has 0 aliphatic rings. The van der Waals surface area contributed by atoms with Crippen LogP contribution in [0.1, 0.15) is 19.5 Å². The topological polar surface area (TPSA) is 58.6 Å². The molecule has 0 saturated heterocycles. The number of aromatic nitrogens is 1. The van der Waals surface area contributed by atoms with Crippen LogP contribution in [-0.2, 0) is 5.41 Å². The zero-order valence-corrected chi connectivity index (χ0v) is 6.40. The summed E-state index contributed by atoms with van der Waals surface area (Å²) >= 11 is 0. The Morgan fingerprint density at radius 1 is 1.82 bits per heavy atom. The molecule has 1 radical (unpaired) electrons. The molecule has 4 heteroatoms. The predicted molar refractivity (Wildman–Crippen MR) is 38.6 cm³/mol. The van der Waals surface area contributed by atoms with Gasteiger partial charge in [0.05, 0.1) is 11.9 Å². The second-order valence-corrected chi connectivity index (χ2v) is 2.80. The molecule has 0 atom stereocenters. The maximum atomic E-state index is 8.30. The standard InChI is InChI=1S/C7H9N2O2/c1-7(2,5-8-10)6-3-4-11-9-6/h3,5,10H,1-2H3. The van der Waals surface area contributed by atoms with E-state index in [0.29, 0.717) is 5.69 Å². The molecular weight excluding hydrogens is 144 g/mol. The van der Waals surface area contributed by atoms with Crippen molar-refractivity contribution >= 4 is 6.21 Å². The van der Waals surface area contributed by atoms with Crippen LogP contribution in [0.5, 0.6) is 0 Å². The zero-order chi connectivity index (χ0) is 8.32. The van der Waals surface area contributed by atoms with Crippen molar-refractivity contribution in [2.45, 2.75) is 19.3 Å². The Kier molecular flexibility index (Phi) is 1.94. The zero-order valence-electron chi connectivity index (χ0n) is 6.40. The summed E-state index contributed by atoms with van der Waals surface area (Å²) in [5, 5.41) is 14.9. The first-order valence-electron chi connectivity index (χ1n) is 3.18. The molecule has 1 aromatic rings. The van der Waals surface area contributed by atoms with Gasteiger partial charge in [0, 0.05) is 11.5 Å². The van der Waals surface area contributed by atoms with Crippen LogP contribution in [-0.4, -0.2) is 16.6 Å². The summed E-state index contributed by atoms with van der Waals surface area (Å²) in [7, 11) is 0. The van der Waals surface area contributed by atoms with E-state index in [9.17, 15) is 0 Å². The molecule has 1 aromatic heterocycles. The summed E-state index contributed by atoms with van der Waals surface area (Å²) in [6, 6.07) is 1.61. The maximum absolute atomic E-state index is 8.30. The molecule has 0 amide bonds. The van der Waals surface area contributed by atoms with Gasteiger partial charge in [-0.15, -0.1) is 5.16 Å². The van der Waals surface area contributed by atoms with Crippen molar-refractivity contribution in [2.75, 3.05) is 0 Å². The first-order chi connectivity index (χ1) is 5.17. The molecule has 4 nitrogen and oxygen atoms in total. The first kappa shape index (κ1) is 7.78. The van der Waals surface area contributed by atoms with Crippen molar-refractivity contribution in [3.05, 3.63) is 18.0 Å². The Balaban J connectivity index is 2.90. The Morgan fingerprint density at radius 3 is 3.00 bits per heavy atom. The highest BCUT2D eigenvalue weighted by Gasteiger charge is 2.21.